The van der Waals surface area contributed by atoms with Crippen molar-refractivity contribution in [1.82, 2.24) is 9.80 Å². The fourth-order valence-corrected chi connectivity index (χ4v) is 5.05. The summed E-state index contributed by atoms with van der Waals surface area (Å²) in [7, 11) is 1.79. The van der Waals surface area contributed by atoms with Crippen molar-refractivity contribution < 1.29 is 9.59 Å². The lowest BCUT2D eigenvalue weighted by Gasteiger charge is -2.37. The van der Waals surface area contributed by atoms with Gasteiger partial charge in [-0.3, -0.25) is 14.5 Å². The number of rotatable bonds is 4. The molecule has 5 heteroatoms. The lowest BCUT2D eigenvalue weighted by Crippen LogP contribution is -2.47. The Kier molecular flexibility index (Phi) is 5.07. The minimum absolute atomic E-state index is 0.0404. The van der Waals surface area contributed by atoms with E-state index in [0.717, 1.165) is 55.3 Å². The Balaban J connectivity index is 1.30. The Morgan fingerprint density at radius 3 is 2.53 bits per heavy atom. The van der Waals surface area contributed by atoms with E-state index in [1.807, 2.05) is 48.5 Å². The molecule has 1 saturated heterocycles. The number of anilines is 1. The van der Waals surface area contributed by atoms with E-state index in [1.165, 1.54) is 19.3 Å². The molecule has 2 aromatic rings. The number of hydrogen-bond acceptors (Lipinski definition) is 3. The summed E-state index contributed by atoms with van der Waals surface area (Å²) >= 11 is 0. The maximum absolute atomic E-state index is 13.2. The molecule has 0 radical (unpaired) electrons. The van der Waals surface area contributed by atoms with E-state index in [0.29, 0.717) is 11.6 Å². The van der Waals surface area contributed by atoms with Gasteiger partial charge in [0.05, 0.1) is 0 Å². The monoisotopic (exact) mass is 403 g/mol. The van der Waals surface area contributed by atoms with Crippen LogP contribution in [0.15, 0.2) is 48.5 Å². The molecular weight excluding hydrogens is 374 g/mol. The van der Waals surface area contributed by atoms with E-state index in [-0.39, 0.29) is 11.8 Å². The molecule has 0 aromatic heterocycles. The highest BCUT2D eigenvalue weighted by Crippen LogP contribution is 2.32. The van der Waals surface area contributed by atoms with Crippen molar-refractivity contribution in [3.63, 3.8) is 0 Å². The summed E-state index contributed by atoms with van der Waals surface area (Å²) in [6.07, 6.45) is 5.93. The van der Waals surface area contributed by atoms with Gasteiger partial charge in [-0.25, -0.2) is 0 Å². The third-order valence-electron chi connectivity index (χ3n) is 7.14. The zero-order valence-electron chi connectivity index (χ0n) is 17.6. The van der Waals surface area contributed by atoms with Gasteiger partial charge in [-0.2, -0.15) is 0 Å². The molecule has 1 saturated carbocycles. The first-order chi connectivity index (χ1) is 14.6. The summed E-state index contributed by atoms with van der Waals surface area (Å²) < 4.78 is 0. The van der Waals surface area contributed by atoms with Crippen molar-refractivity contribution in [2.45, 2.75) is 44.2 Å². The number of amides is 2. The van der Waals surface area contributed by atoms with Crippen LogP contribution in [0.5, 0.6) is 0 Å². The standard InChI is InChI=1S/C25H29N3O2/c1-26(24(29)18-6-3-2-4-7-18)21-10-11-23-19(16-21)12-15-28(25(23)30)22-13-14-27(17-22)20-8-5-9-20/h2-4,6-7,10-11,16,20,22H,5,8-9,12-15,17H2,1H3/t22-/m1/s1. The quantitative estimate of drug-likeness (QED) is 0.784. The average Bonchev–Trinajstić information content (AvgIpc) is 3.21. The predicted octanol–water partition coefficient (Wildman–Crippen LogP) is 3.59. The van der Waals surface area contributed by atoms with Crippen LogP contribution >= 0.6 is 0 Å². The van der Waals surface area contributed by atoms with Gasteiger partial charge in [0.15, 0.2) is 0 Å². The third kappa shape index (κ3) is 3.41. The largest absolute Gasteiger partial charge is 0.334 e. The number of benzene rings is 2. The summed E-state index contributed by atoms with van der Waals surface area (Å²) in [6, 6.07) is 16.2. The van der Waals surface area contributed by atoms with Crippen LogP contribution in [-0.2, 0) is 6.42 Å². The summed E-state index contributed by atoms with van der Waals surface area (Å²) in [5.74, 6) is 0.113. The lowest BCUT2D eigenvalue weighted by molar-refractivity contribution is 0.0647. The zero-order chi connectivity index (χ0) is 20.7. The Morgan fingerprint density at radius 2 is 1.80 bits per heavy atom. The van der Waals surface area contributed by atoms with Crippen LogP contribution in [0.3, 0.4) is 0 Å². The predicted molar refractivity (Wildman–Crippen MR) is 118 cm³/mol. The normalized spacial score (nSPS) is 22.0. The molecule has 5 rings (SSSR count). The molecule has 1 aliphatic carbocycles. The highest BCUT2D eigenvalue weighted by molar-refractivity contribution is 6.06. The van der Waals surface area contributed by atoms with E-state index in [4.69, 9.17) is 0 Å². The second-order valence-electron chi connectivity index (χ2n) is 8.84. The number of nitrogens with zero attached hydrogens (tertiary/aromatic N) is 3. The molecule has 0 bridgehead atoms. The third-order valence-corrected chi connectivity index (χ3v) is 7.14. The van der Waals surface area contributed by atoms with Crippen molar-refractivity contribution >= 4 is 17.5 Å². The average molecular weight is 404 g/mol. The molecule has 2 heterocycles. The van der Waals surface area contributed by atoms with Crippen LogP contribution in [0.25, 0.3) is 0 Å². The Labute approximate surface area is 178 Å². The number of carbonyl (C=O) groups excluding carboxylic acids is 2. The number of fused-ring (bicyclic) bond motifs is 1. The van der Waals surface area contributed by atoms with E-state index >= 15 is 0 Å². The zero-order valence-corrected chi connectivity index (χ0v) is 17.6. The molecule has 3 aliphatic rings. The minimum atomic E-state index is -0.0404. The summed E-state index contributed by atoms with van der Waals surface area (Å²) in [4.78, 5) is 32.3. The summed E-state index contributed by atoms with van der Waals surface area (Å²) in [5, 5.41) is 0. The molecule has 2 aliphatic heterocycles. The molecular formula is C25H29N3O2. The first-order valence-corrected chi connectivity index (χ1v) is 11.1. The number of hydrogen-bond donors (Lipinski definition) is 0. The van der Waals surface area contributed by atoms with Crippen molar-refractivity contribution in [3.05, 3.63) is 65.2 Å². The van der Waals surface area contributed by atoms with Crippen LogP contribution in [0, 0.1) is 0 Å². The van der Waals surface area contributed by atoms with E-state index in [2.05, 4.69) is 9.80 Å². The molecule has 2 aromatic carbocycles. The smallest absolute Gasteiger partial charge is 0.258 e. The summed E-state index contributed by atoms with van der Waals surface area (Å²) in [5.41, 5.74) is 3.35. The van der Waals surface area contributed by atoms with E-state index < -0.39 is 0 Å². The molecule has 0 N–H and O–H groups in total. The van der Waals surface area contributed by atoms with Crippen LogP contribution in [-0.4, -0.2) is 60.4 Å². The molecule has 1 atom stereocenters. The Hall–Kier alpha value is -2.66. The van der Waals surface area contributed by atoms with Gasteiger partial charge in [0.1, 0.15) is 0 Å². The van der Waals surface area contributed by atoms with Gasteiger partial charge < -0.3 is 9.80 Å². The maximum Gasteiger partial charge on any atom is 0.258 e. The highest BCUT2D eigenvalue weighted by atomic mass is 16.2. The molecule has 156 valence electrons. The number of carbonyl (C=O) groups is 2. The fraction of sp³-hybridized carbons (Fsp3) is 0.440. The van der Waals surface area contributed by atoms with Crippen LogP contribution < -0.4 is 4.90 Å². The van der Waals surface area contributed by atoms with Crippen molar-refractivity contribution in [2.75, 3.05) is 31.6 Å². The molecule has 30 heavy (non-hydrogen) atoms. The molecule has 0 unspecified atom stereocenters. The second kappa shape index (κ2) is 7.88. The van der Waals surface area contributed by atoms with Gasteiger partial charge in [-0.15, -0.1) is 0 Å². The van der Waals surface area contributed by atoms with E-state index in [1.54, 1.807) is 11.9 Å². The maximum atomic E-state index is 13.2. The van der Waals surface area contributed by atoms with Crippen LogP contribution in [0.2, 0.25) is 0 Å². The van der Waals surface area contributed by atoms with Crippen molar-refractivity contribution in [1.29, 1.82) is 0 Å². The van der Waals surface area contributed by atoms with Crippen molar-refractivity contribution in [2.24, 2.45) is 0 Å². The lowest BCUT2D eigenvalue weighted by atomic mass is 9.92. The van der Waals surface area contributed by atoms with Crippen LogP contribution in [0.1, 0.15) is 52.0 Å². The topological polar surface area (TPSA) is 43.9 Å². The first kappa shape index (κ1) is 19.3. The highest BCUT2D eigenvalue weighted by Gasteiger charge is 2.37. The minimum Gasteiger partial charge on any atom is -0.334 e. The SMILES string of the molecule is CN(C(=O)c1ccccc1)c1ccc2c(c1)CCN([C@@H]1CCN(C3CCC3)C1)C2=O. The van der Waals surface area contributed by atoms with Gasteiger partial charge in [0.2, 0.25) is 0 Å². The first-order valence-electron chi connectivity index (χ1n) is 11.1. The van der Waals surface area contributed by atoms with Crippen LogP contribution in [0.4, 0.5) is 5.69 Å². The second-order valence-corrected chi connectivity index (χ2v) is 8.84. The van der Waals surface area contributed by atoms with Gasteiger partial charge in [0.25, 0.3) is 11.8 Å². The Morgan fingerprint density at radius 1 is 1.00 bits per heavy atom. The van der Waals surface area contributed by atoms with Gasteiger partial charge in [-0.1, -0.05) is 24.6 Å². The number of likely N-dealkylation sites (tertiary alicyclic amines) is 1. The van der Waals surface area contributed by atoms with Gasteiger partial charge in [0, 0.05) is 55.6 Å². The molecule has 2 amide bonds. The van der Waals surface area contributed by atoms with Gasteiger partial charge in [-0.05, 0) is 61.6 Å². The summed E-state index contributed by atoms with van der Waals surface area (Å²) in [6.45, 7) is 2.92. The molecule has 5 nitrogen and oxygen atoms in total. The molecule has 0 spiro atoms. The molecule has 2 fully saturated rings. The fourth-order valence-electron chi connectivity index (χ4n) is 5.05. The van der Waals surface area contributed by atoms with Crippen molar-refractivity contribution in [3.8, 4) is 0 Å². The Bertz CT molecular complexity index is 954. The van der Waals surface area contributed by atoms with Gasteiger partial charge >= 0.3 is 0 Å². The van der Waals surface area contributed by atoms with E-state index in [9.17, 15) is 9.59 Å².